The summed E-state index contributed by atoms with van der Waals surface area (Å²) in [5.74, 6) is 0.759. The van der Waals surface area contributed by atoms with Crippen molar-refractivity contribution in [2.45, 2.75) is 19.4 Å². The van der Waals surface area contributed by atoms with Gasteiger partial charge in [0.15, 0.2) is 0 Å². The molecule has 1 unspecified atom stereocenters. The first-order valence-electron chi connectivity index (χ1n) is 6.35. The molecule has 0 aliphatic rings. The number of ether oxygens (including phenoxy) is 1. The van der Waals surface area contributed by atoms with Gasteiger partial charge in [-0.2, -0.15) is 0 Å². The van der Waals surface area contributed by atoms with E-state index in [2.05, 4.69) is 12.2 Å². The highest BCUT2D eigenvalue weighted by atomic mass is 35.5. The highest BCUT2D eigenvalue weighted by Gasteiger charge is 2.17. The van der Waals surface area contributed by atoms with Crippen LogP contribution in [-0.2, 0) is 0 Å². The summed E-state index contributed by atoms with van der Waals surface area (Å²) >= 11 is 6.35. The minimum absolute atomic E-state index is 0.0390. The molecule has 0 amide bonds. The molecule has 0 spiro atoms. The van der Waals surface area contributed by atoms with Crippen LogP contribution in [0.5, 0.6) is 5.75 Å². The van der Waals surface area contributed by atoms with Crippen molar-refractivity contribution in [2.75, 3.05) is 13.7 Å². The highest BCUT2D eigenvalue weighted by molar-refractivity contribution is 6.31. The molecule has 1 heterocycles. The first-order chi connectivity index (χ1) is 9.26. The molecule has 0 aliphatic heterocycles. The van der Waals surface area contributed by atoms with Crippen LogP contribution in [0.15, 0.2) is 41.2 Å². The largest absolute Gasteiger partial charge is 0.497 e. The molecule has 1 atom stereocenters. The standard InChI is InChI=1S/C15H18ClNO2/c1-3-7-17-15(11-6-8-19-10-11)13-5-4-12(18-2)9-14(13)16/h4-6,8-10,15,17H,3,7H2,1-2H3. The topological polar surface area (TPSA) is 34.4 Å². The van der Waals surface area contributed by atoms with Gasteiger partial charge in [-0.05, 0) is 36.7 Å². The summed E-state index contributed by atoms with van der Waals surface area (Å²) in [5.41, 5.74) is 2.10. The van der Waals surface area contributed by atoms with Crippen LogP contribution >= 0.6 is 11.6 Å². The van der Waals surface area contributed by atoms with E-state index in [4.69, 9.17) is 20.8 Å². The molecule has 19 heavy (non-hydrogen) atoms. The zero-order valence-electron chi connectivity index (χ0n) is 11.2. The molecule has 0 saturated carbocycles. The molecule has 2 rings (SSSR count). The van der Waals surface area contributed by atoms with Gasteiger partial charge in [-0.25, -0.2) is 0 Å². The fourth-order valence-electron chi connectivity index (χ4n) is 2.00. The van der Waals surface area contributed by atoms with Crippen molar-refractivity contribution in [3.8, 4) is 5.75 Å². The summed E-state index contributed by atoms with van der Waals surface area (Å²) in [5, 5.41) is 4.17. The Labute approximate surface area is 118 Å². The van der Waals surface area contributed by atoms with Crippen molar-refractivity contribution in [2.24, 2.45) is 0 Å². The predicted octanol–water partition coefficient (Wildman–Crippen LogP) is 4.03. The van der Waals surface area contributed by atoms with Crippen LogP contribution in [0.2, 0.25) is 5.02 Å². The van der Waals surface area contributed by atoms with Crippen LogP contribution in [-0.4, -0.2) is 13.7 Å². The molecule has 1 aromatic carbocycles. The van der Waals surface area contributed by atoms with Crippen LogP contribution in [0.1, 0.15) is 30.5 Å². The first kappa shape index (κ1) is 14.0. The van der Waals surface area contributed by atoms with E-state index >= 15 is 0 Å². The molecule has 3 nitrogen and oxygen atoms in total. The van der Waals surface area contributed by atoms with Gasteiger partial charge in [-0.15, -0.1) is 0 Å². The van der Waals surface area contributed by atoms with Gasteiger partial charge < -0.3 is 14.5 Å². The quantitative estimate of drug-likeness (QED) is 0.867. The van der Waals surface area contributed by atoms with E-state index in [1.165, 1.54) is 0 Å². The van der Waals surface area contributed by atoms with E-state index in [1.54, 1.807) is 19.6 Å². The van der Waals surface area contributed by atoms with Crippen LogP contribution in [0.4, 0.5) is 0 Å². The number of hydrogen-bond acceptors (Lipinski definition) is 3. The van der Waals surface area contributed by atoms with Crippen molar-refractivity contribution in [1.29, 1.82) is 0 Å². The Morgan fingerprint density at radius 1 is 1.37 bits per heavy atom. The summed E-state index contributed by atoms with van der Waals surface area (Å²) in [6.07, 6.45) is 4.48. The Balaban J connectivity index is 2.32. The van der Waals surface area contributed by atoms with E-state index in [0.717, 1.165) is 29.8 Å². The molecule has 0 radical (unpaired) electrons. The van der Waals surface area contributed by atoms with Gasteiger partial charge in [0.1, 0.15) is 5.75 Å². The summed E-state index contributed by atoms with van der Waals surface area (Å²) < 4.78 is 10.4. The molecule has 0 fully saturated rings. The Kier molecular flexibility index (Phi) is 4.88. The third-order valence-electron chi connectivity index (χ3n) is 2.99. The monoisotopic (exact) mass is 279 g/mol. The number of benzene rings is 1. The second-order valence-corrected chi connectivity index (χ2v) is 4.74. The van der Waals surface area contributed by atoms with Gasteiger partial charge in [0, 0.05) is 10.6 Å². The molecule has 2 aromatic rings. The Bertz CT molecular complexity index is 511. The molecule has 0 aliphatic carbocycles. The number of methoxy groups -OCH3 is 1. The molecular formula is C15H18ClNO2. The van der Waals surface area contributed by atoms with Crippen molar-refractivity contribution in [1.82, 2.24) is 5.32 Å². The van der Waals surface area contributed by atoms with Gasteiger partial charge >= 0.3 is 0 Å². The average Bonchev–Trinajstić information content (AvgIpc) is 2.94. The van der Waals surface area contributed by atoms with Crippen LogP contribution in [0.3, 0.4) is 0 Å². The van der Waals surface area contributed by atoms with Crippen molar-refractivity contribution in [3.63, 3.8) is 0 Å². The lowest BCUT2D eigenvalue weighted by molar-refractivity contribution is 0.414. The third kappa shape index (κ3) is 3.31. The van der Waals surface area contributed by atoms with Gasteiger partial charge in [0.25, 0.3) is 0 Å². The third-order valence-corrected chi connectivity index (χ3v) is 3.32. The minimum Gasteiger partial charge on any atom is -0.497 e. The first-order valence-corrected chi connectivity index (χ1v) is 6.73. The van der Waals surface area contributed by atoms with Crippen molar-refractivity contribution >= 4 is 11.6 Å². The van der Waals surface area contributed by atoms with E-state index in [0.29, 0.717) is 5.02 Å². The van der Waals surface area contributed by atoms with E-state index < -0.39 is 0 Å². The van der Waals surface area contributed by atoms with E-state index in [-0.39, 0.29) is 6.04 Å². The lowest BCUT2D eigenvalue weighted by Gasteiger charge is -2.19. The molecule has 102 valence electrons. The van der Waals surface area contributed by atoms with Gasteiger partial charge in [-0.3, -0.25) is 0 Å². The molecule has 1 aromatic heterocycles. The zero-order valence-corrected chi connectivity index (χ0v) is 11.9. The summed E-state index contributed by atoms with van der Waals surface area (Å²) in [4.78, 5) is 0. The normalized spacial score (nSPS) is 12.4. The number of furan rings is 1. The smallest absolute Gasteiger partial charge is 0.120 e. The second kappa shape index (κ2) is 6.64. The predicted molar refractivity (Wildman–Crippen MR) is 76.8 cm³/mol. The van der Waals surface area contributed by atoms with E-state index in [9.17, 15) is 0 Å². The fourth-order valence-corrected chi connectivity index (χ4v) is 2.28. The molecule has 0 bridgehead atoms. The van der Waals surface area contributed by atoms with Gasteiger partial charge in [0.05, 0.1) is 25.7 Å². The Morgan fingerprint density at radius 2 is 2.21 bits per heavy atom. The molecule has 1 N–H and O–H groups in total. The summed E-state index contributed by atoms with van der Waals surface area (Å²) in [7, 11) is 1.63. The average molecular weight is 280 g/mol. The lowest BCUT2D eigenvalue weighted by atomic mass is 10.0. The maximum Gasteiger partial charge on any atom is 0.120 e. The number of hydrogen-bond donors (Lipinski definition) is 1. The van der Waals surface area contributed by atoms with Crippen LogP contribution in [0.25, 0.3) is 0 Å². The van der Waals surface area contributed by atoms with Crippen molar-refractivity contribution in [3.05, 3.63) is 52.9 Å². The Hall–Kier alpha value is -1.45. The second-order valence-electron chi connectivity index (χ2n) is 4.33. The number of nitrogens with one attached hydrogen (secondary N) is 1. The van der Waals surface area contributed by atoms with E-state index in [1.807, 2.05) is 24.3 Å². The SMILES string of the molecule is CCCNC(c1ccoc1)c1ccc(OC)cc1Cl. The number of rotatable bonds is 6. The van der Waals surface area contributed by atoms with Gasteiger partial charge in [0.2, 0.25) is 0 Å². The van der Waals surface area contributed by atoms with Crippen LogP contribution < -0.4 is 10.1 Å². The minimum atomic E-state index is 0.0390. The molecule has 4 heteroatoms. The van der Waals surface area contributed by atoms with Crippen molar-refractivity contribution < 1.29 is 9.15 Å². The molecule has 0 saturated heterocycles. The Morgan fingerprint density at radius 3 is 2.79 bits per heavy atom. The maximum absolute atomic E-state index is 6.35. The maximum atomic E-state index is 6.35. The zero-order chi connectivity index (χ0) is 13.7. The highest BCUT2D eigenvalue weighted by Crippen LogP contribution is 2.31. The van der Waals surface area contributed by atoms with Crippen LogP contribution in [0, 0.1) is 0 Å². The molecular weight excluding hydrogens is 262 g/mol. The summed E-state index contributed by atoms with van der Waals surface area (Å²) in [6, 6.07) is 7.73. The summed E-state index contributed by atoms with van der Waals surface area (Å²) in [6.45, 7) is 3.05. The number of halogens is 1. The fraction of sp³-hybridized carbons (Fsp3) is 0.333. The van der Waals surface area contributed by atoms with Gasteiger partial charge in [-0.1, -0.05) is 24.6 Å². The lowest BCUT2D eigenvalue weighted by Crippen LogP contribution is -2.23.